The standard InChI is InChI=1S/C33H42N2O3S.C30H38N2O3S2/c1-24-8-6-7-11-33(24)39(36,37)35-23-27-14-12-26(13-15-27)22-34-32-19-16-28-21-29(38-2)17-18-30(28)31(32)20-25-9-4-3-5-10-25;1-35-26-14-15-27-25(19-26)13-16-29(28(27)18-22-6-3-2-4-7-22)31-20-23-9-11-24(12-10-23)21-32-37(33,34)30-8-5-17-36-30/h3-11,17-18,21,26-27,31-32,34-35H,12-16,19-20,22-23H2,1-2H3;2-8,14-15,17,19,23-24,28-29,31-32H,9-13,16,18,20-21H2,1H3. The summed E-state index contributed by atoms with van der Waals surface area (Å²) >= 11 is 1.27. The molecule has 1 heterocycles. The van der Waals surface area contributed by atoms with Gasteiger partial charge in [-0.3, -0.25) is 0 Å². The molecule has 10 rings (SSSR count). The summed E-state index contributed by atoms with van der Waals surface area (Å²) in [6.45, 7) is 4.98. The third-order valence-corrected chi connectivity index (χ3v) is 21.5. The lowest BCUT2D eigenvalue weighted by molar-refractivity contribution is 0.252. The van der Waals surface area contributed by atoms with E-state index in [9.17, 15) is 16.8 Å². The van der Waals surface area contributed by atoms with Gasteiger partial charge in [-0.1, -0.05) is 97.1 Å². The average Bonchev–Trinajstić information content (AvgIpc) is 4.02. The largest absolute Gasteiger partial charge is 0.497 e. The highest BCUT2D eigenvalue weighted by molar-refractivity contribution is 7.91. The fourth-order valence-electron chi connectivity index (χ4n) is 12.6. The van der Waals surface area contributed by atoms with Crippen LogP contribution in [0.15, 0.2) is 148 Å². The molecule has 0 amide bonds. The lowest BCUT2D eigenvalue weighted by atomic mass is 9.75. The van der Waals surface area contributed by atoms with Crippen molar-refractivity contribution in [3.8, 4) is 11.5 Å². The van der Waals surface area contributed by atoms with Crippen molar-refractivity contribution in [2.45, 2.75) is 130 Å². The number of fused-ring (bicyclic) bond motifs is 2. The molecule has 0 aliphatic heterocycles. The maximum absolute atomic E-state index is 12.8. The smallest absolute Gasteiger partial charge is 0.250 e. The van der Waals surface area contributed by atoms with Gasteiger partial charge in [-0.05, 0) is 214 Å². The quantitative estimate of drug-likeness (QED) is 0.0594. The molecule has 4 aliphatic carbocycles. The minimum atomic E-state index is -3.46. The molecule has 0 saturated heterocycles. The van der Waals surface area contributed by atoms with Gasteiger partial charge in [0.15, 0.2) is 0 Å². The molecule has 0 radical (unpaired) electrons. The average molecular weight is 1090 g/mol. The fourth-order valence-corrected chi connectivity index (χ4v) is 16.1. The van der Waals surface area contributed by atoms with Crippen molar-refractivity contribution in [3.05, 3.63) is 178 Å². The molecule has 4 aliphatic rings. The summed E-state index contributed by atoms with van der Waals surface area (Å²) in [5.74, 6) is 4.89. The summed E-state index contributed by atoms with van der Waals surface area (Å²) in [4.78, 5) is 0.389. The summed E-state index contributed by atoms with van der Waals surface area (Å²) in [6, 6.07) is 46.4. The lowest BCUT2D eigenvalue weighted by Crippen LogP contribution is -2.42. The predicted molar refractivity (Wildman–Crippen MR) is 309 cm³/mol. The number of hydrogen-bond donors (Lipinski definition) is 4. The van der Waals surface area contributed by atoms with E-state index in [2.05, 4.69) is 117 Å². The van der Waals surface area contributed by atoms with Crippen LogP contribution in [0.4, 0.5) is 0 Å². The molecular weight excluding hydrogens is 1000 g/mol. The first kappa shape index (κ1) is 55.9. The maximum atomic E-state index is 12.8. The van der Waals surface area contributed by atoms with E-state index in [1.54, 1.807) is 43.9 Å². The van der Waals surface area contributed by atoms with Crippen LogP contribution in [0.1, 0.15) is 115 Å². The highest BCUT2D eigenvalue weighted by atomic mass is 32.2. The number of methoxy groups -OCH3 is 2. The number of nitrogens with one attached hydrogen (secondary N) is 4. The molecule has 13 heteroatoms. The van der Waals surface area contributed by atoms with Gasteiger partial charge in [-0.2, -0.15) is 0 Å². The van der Waals surface area contributed by atoms with Crippen LogP contribution in [0.3, 0.4) is 0 Å². The first-order valence-corrected chi connectivity index (χ1v) is 31.8. The van der Waals surface area contributed by atoms with Gasteiger partial charge in [0.25, 0.3) is 0 Å². The number of sulfonamides is 2. The van der Waals surface area contributed by atoms with Crippen LogP contribution in [0.2, 0.25) is 0 Å². The molecule has 0 bridgehead atoms. The maximum Gasteiger partial charge on any atom is 0.250 e. The molecular formula is C63H80N4O6S3. The van der Waals surface area contributed by atoms with Gasteiger partial charge in [-0.15, -0.1) is 11.3 Å². The van der Waals surface area contributed by atoms with Crippen molar-refractivity contribution in [1.29, 1.82) is 0 Å². The van der Waals surface area contributed by atoms with Crippen molar-refractivity contribution < 1.29 is 26.3 Å². The highest BCUT2D eigenvalue weighted by Gasteiger charge is 2.33. The first-order valence-electron chi connectivity index (χ1n) is 27.9. The van der Waals surface area contributed by atoms with Crippen LogP contribution >= 0.6 is 11.3 Å². The highest BCUT2D eigenvalue weighted by Crippen LogP contribution is 2.39. The van der Waals surface area contributed by atoms with Crippen molar-refractivity contribution in [1.82, 2.24) is 20.1 Å². The molecule has 1 aromatic heterocycles. The summed E-state index contributed by atoms with van der Waals surface area (Å²) in [5, 5.41) is 9.77. The minimum Gasteiger partial charge on any atom is -0.497 e. The fraction of sp³-hybridized carbons (Fsp3) is 0.460. The second-order valence-corrected chi connectivity index (χ2v) is 26.7. The number of rotatable bonds is 20. The molecule has 4 atom stereocenters. The van der Waals surface area contributed by atoms with Gasteiger partial charge in [0.05, 0.1) is 19.1 Å². The summed E-state index contributed by atoms with van der Waals surface area (Å²) in [6.07, 6.45) is 15.4. The second-order valence-electron chi connectivity index (χ2n) is 22.0. The molecule has 0 spiro atoms. The Hall–Kier alpha value is -4.86. The van der Waals surface area contributed by atoms with Gasteiger partial charge in [0.1, 0.15) is 15.7 Å². The molecule has 4 N–H and O–H groups in total. The molecule has 2 fully saturated rings. The van der Waals surface area contributed by atoms with Crippen LogP contribution < -0.4 is 29.6 Å². The van der Waals surface area contributed by atoms with Gasteiger partial charge in [-0.25, -0.2) is 26.3 Å². The molecule has 5 aromatic carbocycles. The van der Waals surface area contributed by atoms with E-state index in [-0.39, 0.29) is 0 Å². The Bertz CT molecular complexity index is 2980. The third kappa shape index (κ3) is 14.8. The predicted octanol–water partition coefficient (Wildman–Crippen LogP) is 11.8. The van der Waals surface area contributed by atoms with Crippen molar-refractivity contribution in [3.63, 3.8) is 0 Å². The van der Waals surface area contributed by atoms with E-state index in [4.69, 9.17) is 9.47 Å². The van der Waals surface area contributed by atoms with Crippen molar-refractivity contribution in [2.75, 3.05) is 40.4 Å². The van der Waals surface area contributed by atoms with E-state index in [1.165, 1.54) is 44.7 Å². The van der Waals surface area contributed by atoms with Crippen molar-refractivity contribution in [2.24, 2.45) is 23.7 Å². The Balaban J connectivity index is 0.000000186. The van der Waals surface area contributed by atoms with Crippen LogP contribution in [-0.4, -0.2) is 69.3 Å². The number of thiophene rings is 1. The summed E-state index contributed by atoms with van der Waals surface area (Å²) < 4.78 is 67.6. The summed E-state index contributed by atoms with van der Waals surface area (Å²) in [5.41, 5.74) is 9.30. The third-order valence-electron chi connectivity index (χ3n) is 17.1. The van der Waals surface area contributed by atoms with Crippen LogP contribution in [-0.2, 0) is 45.7 Å². The molecule has 4 unspecified atom stereocenters. The molecule has 76 heavy (non-hydrogen) atoms. The Morgan fingerprint density at radius 3 is 1.36 bits per heavy atom. The van der Waals surface area contributed by atoms with Gasteiger partial charge >= 0.3 is 0 Å². The van der Waals surface area contributed by atoms with Gasteiger partial charge < -0.3 is 20.1 Å². The van der Waals surface area contributed by atoms with Gasteiger partial charge in [0.2, 0.25) is 20.0 Å². The van der Waals surface area contributed by atoms with E-state index in [0.29, 0.717) is 69.8 Å². The number of ether oxygens (including phenoxy) is 2. The normalized spacial score (nSPS) is 23.6. The molecule has 6 aromatic rings. The Morgan fingerprint density at radius 1 is 0.487 bits per heavy atom. The van der Waals surface area contributed by atoms with E-state index < -0.39 is 20.0 Å². The Labute approximate surface area is 458 Å². The molecule has 2 saturated carbocycles. The lowest BCUT2D eigenvalue weighted by Gasteiger charge is -2.37. The summed E-state index contributed by atoms with van der Waals surface area (Å²) in [7, 11) is -3.35. The zero-order valence-corrected chi connectivity index (χ0v) is 47.2. The zero-order valence-electron chi connectivity index (χ0n) is 44.8. The van der Waals surface area contributed by atoms with Gasteiger partial charge in [0, 0.05) is 37.0 Å². The van der Waals surface area contributed by atoms with E-state index in [0.717, 1.165) is 120 Å². The number of hydrogen-bond acceptors (Lipinski definition) is 9. The van der Waals surface area contributed by atoms with E-state index >= 15 is 0 Å². The monoisotopic (exact) mass is 1080 g/mol. The first-order chi connectivity index (χ1) is 36.9. The second kappa shape index (κ2) is 26.7. The molecule has 406 valence electrons. The minimum absolute atomic E-state index is 0.389. The topological polar surface area (TPSA) is 135 Å². The van der Waals surface area contributed by atoms with E-state index in [1.807, 2.05) is 19.1 Å². The zero-order chi connectivity index (χ0) is 52.9. The SMILES string of the molecule is COc1ccc2c(c1)CCC(NCC1CCC(CNS(=O)(=O)c3ccccc3C)CC1)C2Cc1ccccc1.COc1ccc2c(c1)CCC(NCC1CCC(CNS(=O)(=O)c3cccs3)CC1)C2Cc1ccccc1. The Kier molecular flexibility index (Phi) is 19.6. The van der Waals surface area contributed by atoms with Crippen LogP contribution in [0.25, 0.3) is 0 Å². The van der Waals surface area contributed by atoms with Crippen molar-refractivity contribution >= 4 is 31.4 Å². The number of benzene rings is 5. The molecule has 10 nitrogen and oxygen atoms in total. The van der Waals surface area contributed by atoms with Crippen LogP contribution in [0.5, 0.6) is 11.5 Å². The van der Waals surface area contributed by atoms with Crippen LogP contribution in [0, 0.1) is 30.6 Å². The Morgan fingerprint density at radius 2 is 0.921 bits per heavy atom. The number of aryl methyl sites for hydroxylation is 3.